The van der Waals surface area contributed by atoms with E-state index in [1.54, 1.807) is 30.0 Å². The molecule has 2 fully saturated rings. The first kappa shape index (κ1) is 17.9. The monoisotopic (exact) mass is 373 g/mol. The van der Waals surface area contributed by atoms with E-state index >= 15 is 0 Å². The molecule has 1 aromatic rings. The number of nitrogens with zero attached hydrogens (tertiary/aromatic N) is 2. The van der Waals surface area contributed by atoms with Crippen LogP contribution >= 0.6 is 0 Å². The molecule has 2 amide bonds. The van der Waals surface area contributed by atoms with Crippen molar-refractivity contribution in [2.45, 2.75) is 50.7 Å². The van der Waals surface area contributed by atoms with E-state index in [0.717, 1.165) is 25.7 Å². The van der Waals surface area contributed by atoms with Crippen LogP contribution in [0.5, 0.6) is 0 Å². The molecule has 1 N–H and O–H groups in total. The van der Waals surface area contributed by atoms with Gasteiger partial charge in [-0.1, -0.05) is 23.4 Å². The number of likely N-dealkylation sites (tertiary alicyclic amines) is 1. The van der Waals surface area contributed by atoms with Crippen LogP contribution in [0.25, 0.3) is 0 Å². The molecular weight excluding hydrogens is 349 g/mol. The molecule has 0 spiro atoms. The lowest BCUT2D eigenvalue weighted by Crippen LogP contribution is -2.53. The third-order valence-corrected chi connectivity index (χ3v) is 5.50. The summed E-state index contributed by atoms with van der Waals surface area (Å²) >= 11 is 0. The van der Waals surface area contributed by atoms with Gasteiger partial charge in [-0.25, -0.2) is 4.39 Å². The number of halogens is 1. The highest BCUT2D eigenvalue weighted by Gasteiger charge is 2.46. The summed E-state index contributed by atoms with van der Waals surface area (Å²) in [6.07, 6.45) is 3.87. The average Bonchev–Trinajstić information content (AvgIpc) is 3.40. The number of carbonyl (C=O) groups excluding carboxylic acids is 2. The minimum absolute atomic E-state index is 0.0378. The fourth-order valence-corrected chi connectivity index (χ4v) is 3.75. The van der Waals surface area contributed by atoms with Crippen LogP contribution in [0.15, 0.2) is 29.4 Å². The van der Waals surface area contributed by atoms with Crippen molar-refractivity contribution in [1.29, 1.82) is 0 Å². The van der Waals surface area contributed by atoms with Gasteiger partial charge >= 0.3 is 0 Å². The first-order valence-electron chi connectivity index (χ1n) is 9.56. The normalized spacial score (nSPS) is 27.7. The molecule has 1 saturated heterocycles. The Bertz CT molecular complexity index is 792. The van der Waals surface area contributed by atoms with E-state index in [9.17, 15) is 14.0 Å². The fraction of sp³-hybridized carbons (Fsp3) is 0.550. The summed E-state index contributed by atoms with van der Waals surface area (Å²) in [7, 11) is 0. The van der Waals surface area contributed by atoms with Gasteiger partial charge in [-0.3, -0.25) is 9.59 Å². The van der Waals surface area contributed by atoms with E-state index in [1.165, 1.54) is 6.07 Å². The highest BCUT2D eigenvalue weighted by atomic mass is 19.1. The van der Waals surface area contributed by atoms with Crippen molar-refractivity contribution in [2.24, 2.45) is 11.1 Å². The van der Waals surface area contributed by atoms with Gasteiger partial charge in [0.15, 0.2) is 0 Å². The minimum atomic E-state index is -1.16. The van der Waals surface area contributed by atoms with Crippen molar-refractivity contribution >= 4 is 17.5 Å². The number of hydrogen-bond acceptors (Lipinski definition) is 4. The lowest BCUT2D eigenvalue weighted by molar-refractivity contribution is -0.155. The lowest BCUT2D eigenvalue weighted by Gasteiger charge is -2.35. The van der Waals surface area contributed by atoms with E-state index in [1.807, 2.05) is 0 Å². The van der Waals surface area contributed by atoms with E-state index in [2.05, 4.69) is 10.5 Å². The number of benzene rings is 1. The molecule has 0 aromatic heterocycles. The Balaban J connectivity index is 1.41. The fourth-order valence-electron chi connectivity index (χ4n) is 3.75. The quantitative estimate of drug-likeness (QED) is 0.880. The summed E-state index contributed by atoms with van der Waals surface area (Å²) in [4.78, 5) is 32.6. The third-order valence-electron chi connectivity index (χ3n) is 5.50. The zero-order valence-corrected chi connectivity index (χ0v) is 15.4. The van der Waals surface area contributed by atoms with Crippen molar-refractivity contribution in [1.82, 2.24) is 10.2 Å². The molecular formula is C20H24FN3O3. The second kappa shape index (κ2) is 6.94. The second-order valence-corrected chi connectivity index (χ2v) is 7.89. The summed E-state index contributed by atoms with van der Waals surface area (Å²) in [5.74, 6) is -0.719. The molecule has 7 heteroatoms. The van der Waals surface area contributed by atoms with Crippen molar-refractivity contribution in [3.63, 3.8) is 0 Å². The molecule has 0 bridgehead atoms. The number of nitrogens with one attached hydrogen (secondary N) is 1. The number of oxime groups is 1. The van der Waals surface area contributed by atoms with Crippen LogP contribution < -0.4 is 5.32 Å². The Morgan fingerprint density at radius 2 is 2.07 bits per heavy atom. The molecule has 144 valence electrons. The molecule has 0 unspecified atom stereocenters. The molecule has 6 nitrogen and oxygen atoms in total. The summed E-state index contributed by atoms with van der Waals surface area (Å²) in [5, 5.41) is 7.01. The standard InChI is InChI=1S/C20H24FN3O3/c1-20(11-17(23-27-20)15-6-2-3-7-16(15)21)19(26)24-10-4-5-13(12-24)18(25)22-14-8-9-14/h2-3,6-7,13-14H,4-5,8-12H2,1H3,(H,22,25)/t13-,20-/m0/s1. The maximum atomic E-state index is 14.0. The third kappa shape index (κ3) is 3.68. The van der Waals surface area contributed by atoms with E-state index in [-0.39, 0.29) is 30.0 Å². The maximum absolute atomic E-state index is 14.0. The van der Waals surface area contributed by atoms with Crippen LogP contribution in [0.2, 0.25) is 0 Å². The van der Waals surface area contributed by atoms with Gasteiger partial charge in [-0.2, -0.15) is 0 Å². The number of rotatable bonds is 4. The zero-order chi connectivity index (χ0) is 19.0. The summed E-state index contributed by atoms with van der Waals surface area (Å²) < 4.78 is 14.0. The largest absolute Gasteiger partial charge is 0.379 e. The summed E-state index contributed by atoms with van der Waals surface area (Å²) in [6, 6.07) is 6.65. The highest BCUT2D eigenvalue weighted by Crippen LogP contribution is 2.31. The van der Waals surface area contributed by atoms with Gasteiger partial charge in [-0.15, -0.1) is 0 Å². The first-order valence-corrected chi connectivity index (χ1v) is 9.56. The van der Waals surface area contributed by atoms with Crippen LogP contribution in [-0.4, -0.2) is 47.2 Å². The predicted molar refractivity (Wildman–Crippen MR) is 97.5 cm³/mol. The van der Waals surface area contributed by atoms with Crippen molar-refractivity contribution < 1.29 is 18.8 Å². The van der Waals surface area contributed by atoms with E-state index < -0.39 is 5.60 Å². The van der Waals surface area contributed by atoms with Crippen LogP contribution in [0.1, 0.15) is 44.6 Å². The number of amides is 2. The van der Waals surface area contributed by atoms with Crippen LogP contribution in [0.4, 0.5) is 4.39 Å². The minimum Gasteiger partial charge on any atom is -0.379 e. The molecule has 1 aliphatic carbocycles. The number of hydrogen-bond donors (Lipinski definition) is 1. The average molecular weight is 373 g/mol. The summed E-state index contributed by atoms with van der Waals surface area (Å²) in [6.45, 7) is 2.67. The Kier molecular flexibility index (Phi) is 4.61. The Morgan fingerprint density at radius 1 is 1.30 bits per heavy atom. The predicted octanol–water partition coefficient (Wildman–Crippen LogP) is 2.23. The Morgan fingerprint density at radius 3 is 2.81 bits per heavy atom. The van der Waals surface area contributed by atoms with Gasteiger partial charge in [0.1, 0.15) is 5.82 Å². The second-order valence-electron chi connectivity index (χ2n) is 7.89. The van der Waals surface area contributed by atoms with Gasteiger partial charge in [0.05, 0.1) is 11.6 Å². The van der Waals surface area contributed by atoms with Gasteiger partial charge in [-0.05, 0) is 38.7 Å². The van der Waals surface area contributed by atoms with Crippen LogP contribution in [0, 0.1) is 11.7 Å². The molecule has 0 radical (unpaired) electrons. The molecule has 1 aromatic carbocycles. The molecule has 2 aliphatic heterocycles. The van der Waals surface area contributed by atoms with Crippen LogP contribution in [-0.2, 0) is 14.4 Å². The highest BCUT2D eigenvalue weighted by molar-refractivity contribution is 6.05. The summed E-state index contributed by atoms with van der Waals surface area (Å²) in [5.41, 5.74) is -0.370. The molecule has 27 heavy (non-hydrogen) atoms. The van der Waals surface area contributed by atoms with Gasteiger partial charge in [0.2, 0.25) is 11.5 Å². The molecule has 4 rings (SSSR count). The van der Waals surface area contributed by atoms with Gasteiger partial charge < -0.3 is 15.1 Å². The smallest absolute Gasteiger partial charge is 0.269 e. The number of carbonyl (C=O) groups is 2. The molecule has 3 aliphatic rings. The van der Waals surface area contributed by atoms with Gasteiger partial charge in [0.25, 0.3) is 5.91 Å². The SMILES string of the molecule is C[C@@]1(C(=O)N2CCC[C@H](C(=O)NC3CC3)C2)CC(c2ccccc2F)=NO1. The van der Waals surface area contributed by atoms with Crippen molar-refractivity contribution in [3.8, 4) is 0 Å². The lowest BCUT2D eigenvalue weighted by atomic mass is 9.91. The van der Waals surface area contributed by atoms with E-state index in [0.29, 0.717) is 30.4 Å². The number of piperidine rings is 1. The van der Waals surface area contributed by atoms with E-state index in [4.69, 9.17) is 4.84 Å². The Labute approximate surface area is 157 Å². The zero-order valence-electron chi connectivity index (χ0n) is 15.4. The molecule has 2 atom stereocenters. The molecule has 2 heterocycles. The van der Waals surface area contributed by atoms with Crippen molar-refractivity contribution in [2.75, 3.05) is 13.1 Å². The Hall–Kier alpha value is -2.44. The topological polar surface area (TPSA) is 71.0 Å². The van der Waals surface area contributed by atoms with Crippen LogP contribution in [0.3, 0.4) is 0 Å². The molecule has 1 saturated carbocycles. The van der Waals surface area contributed by atoms with Gasteiger partial charge in [0, 0.05) is 31.1 Å². The first-order chi connectivity index (χ1) is 13.0. The maximum Gasteiger partial charge on any atom is 0.269 e. The van der Waals surface area contributed by atoms with Crippen molar-refractivity contribution in [3.05, 3.63) is 35.6 Å².